The average Bonchev–Trinajstić information content (AvgIpc) is 3.10. The van der Waals surface area contributed by atoms with E-state index in [1.807, 2.05) is 6.07 Å². The largest absolute Gasteiger partial charge is 0.468 e. The van der Waals surface area contributed by atoms with E-state index in [0.29, 0.717) is 5.69 Å². The Hall–Kier alpha value is -2.94. The Morgan fingerprint density at radius 3 is 2.50 bits per heavy atom. The lowest BCUT2D eigenvalue weighted by molar-refractivity contribution is -0.152. The quantitative estimate of drug-likeness (QED) is 0.567. The number of hydrogen-bond donors (Lipinski definition) is 2. The lowest BCUT2D eigenvalue weighted by Gasteiger charge is -2.29. The fourth-order valence-corrected chi connectivity index (χ4v) is 4.09. The van der Waals surface area contributed by atoms with Gasteiger partial charge in [-0.3, -0.25) is 24.6 Å². The molecule has 2 saturated heterocycles. The second-order valence-electron chi connectivity index (χ2n) is 7.36. The minimum atomic E-state index is -1.33. The predicted octanol–water partition coefficient (Wildman–Crippen LogP) is 0.285. The molecular weight excluding hydrogens is 364 g/mol. The number of amides is 4. The summed E-state index contributed by atoms with van der Waals surface area (Å²) in [6.45, 7) is 1.70. The summed E-state index contributed by atoms with van der Waals surface area (Å²) in [6.07, 6.45) is 0. The van der Waals surface area contributed by atoms with Gasteiger partial charge in [0.25, 0.3) is 0 Å². The Bertz CT molecular complexity index is 814. The van der Waals surface area contributed by atoms with Gasteiger partial charge in [-0.05, 0) is 19.1 Å². The van der Waals surface area contributed by atoms with Gasteiger partial charge in [-0.2, -0.15) is 0 Å². The van der Waals surface area contributed by atoms with Crippen molar-refractivity contribution in [3.63, 3.8) is 0 Å². The molecule has 2 aliphatic rings. The third-order valence-corrected chi connectivity index (χ3v) is 5.56. The van der Waals surface area contributed by atoms with Crippen LogP contribution in [-0.2, 0) is 19.1 Å². The zero-order valence-electron chi connectivity index (χ0n) is 16.3. The van der Waals surface area contributed by atoms with Crippen LogP contribution in [0.15, 0.2) is 30.3 Å². The number of hydrogen-bond acceptors (Lipinski definition) is 6. The Labute approximate surface area is 163 Å². The Balaban J connectivity index is 1.79. The van der Waals surface area contributed by atoms with E-state index in [2.05, 4.69) is 10.6 Å². The molecule has 1 aromatic carbocycles. The van der Waals surface area contributed by atoms with Crippen LogP contribution in [0.3, 0.4) is 0 Å². The second-order valence-corrected chi connectivity index (χ2v) is 7.36. The van der Waals surface area contributed by atoms with Gasteiger partial charge in [-0.1, -0.05) is 18.2 Å². The standard InChI is InChI=1S/C19H24N4O5/c1-19(17(26)28-4)14-13(15(24)23(3)16(14)25)12(21-19)10-22(2)18(27)20-11-8-6-5-7-9-11/h5-9,12-14,21H,10H2,1-4H3,(H,20,27)/t12-,13+,14-,19-/m1/s1. The van der Waals surface area contributed by atoms with Crippen LogP contribution in [0, 0.1) is 11.8 Å². The highest BCUT2D eigenvalue weighted by molar-refractivity contribution is 6.09. The first-order chi connectivity index (χ1) is 13.2. The van der Waals surface area contributed by atoms with E-state index >= 15 is 0 Å². The molecule has 2 aliphatic heterocycles. The molecule has 3 rings (SSSR count). The maximum Gasteiger partial charge on any atom is 0.326 e. The summed E-state index contributed by atoms with van der Waals surface area (Å²) in [5.41, 5.74) is -0.693. The highest BCUT2D eigenvalue weighted by Gasteiger charge is 2.66. The molecule has 2 fully saturated rings. The van der Waals surface area contributed by atoms with E-state index in [1.165, 1.54) is 19.1 Å². The van der Waals surface area contributed by atoms with Crippen LogP contribution in [-0.4, -0.2) is 72.9 Å². The molecule has 0 aliphatic carbocycles. The van der Waals surface area contributed by atoms with E-state index < -0.39 is 35.3 Å². The third kappa shape index (κ3) is 3.11. The van der Waals surface area contributed by atoms with Crippen LogP contribution in [0.4, 0.5) is 10.5 Å². The summed E-state index contributed by atoms with van der Waals surface area (Å²) in [6, 6.07) is 8.05. The van der Waals surface area contributed by atoms with E-state index in [9.17, 15) is 19.2 Å². The fraction of sp³-hybridized carbons (Fsp3) is 0.474. The number of anilines is 1. The number of nitrogens with zero attached hydrogens (tertiary/aromatic N) is 2. The molecule has 0 unspecified atom stereocenters. The number of carbonyl (C=O) groups excluding carboxylic acids is 4. The van der Waals surface area contributed by atoms with Crippen LogP contribution in [0.2, 0.25) is 0 Å². The molecule has 150 valence electrons. The van der Waals surface area contributed by atoms with Crippen molar-refractivity contribution in [3.05, 3.63) is 30.3 Å². The van der Waals surface area contributed by atoms with Crippen molar-refractivity contribution in [2.45, 2.75) is 18.5 Å². The average molecular weight is 388 g/mol. The van der Waals surface area contributed by atoms with Gasteiger partial charge in [0, 0.05) is 32.4 Å². The van der Waals surface area contributed by atoms with E-state index in [-0.39, 0.29) is 18.5 Å². The topological polar surface area (TPSA) is 108 Å². The zero-order chi connectivity index (χ0) is 20.6. The molecule has 2 N–H and O–H groups in total. The number of rotatable bonds is 4. The van der Waals surface area contributed by atoms with Gasteiger partial charge in [0.2, 0.25) is 11.8 Å². The van der Waals surface area contributed by atoms with E-state index in [1.54, 1.807) is 38.2 Å². The number of methoxy groups -OCH3 is 1. The molecular formula is C19H24N4O5. The maximum absolute atomic E-state index is 12.6. The van der Waals surface area contributed by atoms with Crippen molar-refractivity contribution >= 4 is 29.5 Å². The number of para-hydroxylation sites is 1. The molecule has 0 aromatic heterocycles. The van der Waals surface area contributed by atoms with Crippen LogP contribution in [0.5, 0.6) is 0 Å². The van der Waals surface area contributed by atoms with Crippen molar-refractivity contribution in [3.8, 4) is 0 Å². The van der Waals surface area contributed by atoms with Crippen LogP contribution < -0.4 is 10.6 Å². The van der Waals surface area contributed by atoms with E-state index in [0.717, 1.165) is 4.90 Å². The Morgan fingerprint density at radius 1 is 1.25 bits per heavy atom. The lowest BCUT2D eigenvalue weighted by Crippen LogP contribution is -2.56. The zero-order valence-corrected chi connectivity index (χ0v) is 16.3. The van der Waals surface area contributed by atoms with Gasteiger partial charge >= 0.3 is 12.0 Å². The van der Waals surface area contributed by atoms with Gasteiger partial charge in [0.05, 0.1) is 18.9 Å². The minimum absolute atomic E-state index is 0.138. The molecule has 4 atom stereocenters. The summed E-state index contributed by atoms with van der Waals surface area (Å²) < 4.78 is 4.87. The first kappa shape index (κ1) is 19.8. The van der Waals surface area contributed by atoms with Crippen molar-refractivity contribution in [2.75, 3.05) is 33.1 Å². The number of carbonyl (C=O) groups is 4. The minimum Gasteiger partial charge on any atom is -0.468 e. The molecule has 0 radical (unpaired) electrons. The van der Waals surface area contributed by atoms with Crippen LogP contribution in [0.1, 0.15) is 6.92 Å². The van der Waals surface area contributed by atoms with Crippen molar-refractivity contribution in [1.82, 2.24) is 15.1 Å². The van der Waals surface area contributed by atoms with Crippen molar-refractivity contribution in [1.29, 1.82) is 0 Å². The molecule has 0 saturated carbocycles. The summed E-state index contributed by atoms with van der Waals surface area (Å²) >= 11 is 0. The number of likely N-dealkylation sites (N-methyl/N-ethyl adjacent to an activating group) is 1. The van der Waals surface area contributed by atoms with Gasteiger partial charge in [0.15, 0.2) is 0 Å². The normalized spacial score (nSPS) is 28.9. The predicted molar refractivity (Wildman–Crippen MR) is 100 cm³/mol. The van der Waals surface area contributed by atoms with Crippen LogP contribution in [0.25, 0.3) is 0 Å². The number of fused-ring (bicyclic) bond motifs is 1. The van der Waals surface area contributed by atoms with Gasteiger partial charge in [0.1, 0.15) is 5.54 Å². The number of ether oxygens (including phenoxy) is 1. The molecule has 1 aromatic rings. The third-order valence-electron chi connectivity index (χ3n) is 5.56. The molecule has 9 heteroatoms. The van der Waals surface area contributed by atoms with Crippen molar-refractivity contribution < 1.29 is 23.9 Å². The summed E-state index contributed by atoms with van der Waals surface area (Å²) in [4.78, 5) is 52.6. The molecule has 2 heterocycles. The smallest absolute Gasteiger partial charge is 0.326 e. The van der Waals surface area contributed by atoms with Crippen LogP contribution >= 0.6 is 0 Å². The molecule has 0 bridgehead atoms. The highest BCUT2D eigenvalue weighted by atomic mass is 16.5. The number of esters is 1. The number of urea groups is 1. The van der Waals surface area contributed by atoms with Gasteiger partial charge in [-0.25, -0.2) is 4.79 Å². The summed E-state index contributed by atoms with van der Waals surface area (Å²) in [7, 11) is 4.24. The summed E-state index contributed by atoms with van der Waals surface area (Å²) in [5.74, 6) is -3.01. The maximum atomic E-state index is 12.6. The van der Waals surface area contributed by atoms with Gasteiger partial charge in [-0.15, -0.1) is 0 Å². The SMILES string of the molecule is COC(=O)[C@]1(C)N[C@H](CN(C)C(=O)Nc2ccccc2)[C@@H]2C(=O)N(C)C(=O)[C@@H]21. The molecule has 0 spiro atoms. The number of benzene rings is 1. The second kappa shape index (κ2) is 7.23. The number of imide groups is 1. The Kier molecular flexibility index (Phi) is 5.12. The number of nitrogens with one attached hydrogen (secondary N) is 2. The first-order valence-electron chi connectivity index (χ1n) is 8.95. The monoisotopic (exact) mass is 388 g/mol. The van der Waals surface area contributed by atoms with E-state index in [4.69, 9.17) is 4.74 Å². The van der Waals surface area contributed by atoms with Crippen molar-refractivity contribution in [2.24, 2.45) is 11.8 Å². The molecule has 28 heavy (non-hydrogen) atoms. The fourth-order valence-electron chi connectivity index (χ4n) is 4.09. The van der Waals surface area contributed by atoms with Gasteiger partial charge < -0.3 is 15.0 Å². The Morgan fingerprint density at radius 2 is 1.89 bits per heavy atom. The molecule has 4 amide bonds. The lowest BCUT2D eigenvalue weighted by atomic mass is 9.81. The summed E-state index contributed by atoms with van der Waals surface area (Å²) in [5, 5.41) is 5.85. The number of likely N-dealkylation sites (tertiary alicyclic amines) is 1. The highest BCUT2D eigenvalue weighted by Crippen LogP contribution is 2.42. The molecule has 9 nitrogen and oxygen atoms in total. The first-order valence-corrected chi connectivity index (χ1v) is 8.95.